The van der Waals surface area contributed by atoms with Gasteiger partial charge in [0.15, 0.2) is 0 Å². The van der Waals surface area contributed by atoms with Crippen LogP contribution in [0.5, 0.6) is 0 Å². The summed E-state index contributed by atoms with van der Waals surface area (Å²) in [5.74, 6) is -0.585. The molecule has 1 N–H and O–H groups in total. The summed E-state index contributed by atoms with van der Waals surface area (Å²) in [7, 11) is 0. The second-order valence-corrected chi connectivity index (χ2v) is 8.59. The molecule has 3 aromatic rings. The van der Waals surface area contributed by atoms with Gasteiger partial charge >= 0.3 is 0 Å². The van der Waals surface area contributed by atoms with E-state index in [2.05, 4.69) is 5.32 Å². The molecular weight excluding hydrogens is 442 g/mol. The van der Waals surface area contributed by atoms with Crippen LogP contribution in [0, 0.1) is 10.1 Å². The lowest BCUT2D eigenvalue weighted by Gasteiger charge is -2.32. The Morgan fingerprint density at radius 3 is 2.09 bits per heavy atom. The molecule has 0 spiro atoms. The van der Waals surface area contributed by atoms with Crippen molar-refractivity contribution in [1.29, 1.82) is 0 Å². The van der Waals surface area contributed by atoms with Crippen LogP contribution in [0.25, 0.3) is 0 Å². The van der Waals surface area contributed by atoms with Gasteiger partial charge in [0.1, 0.15) is 6.04 Å². The van der Waals surface area contributed by atoms with Gasteiger partial charge in [-0.15, -0.1) is 0 Å². The topological polar surface area (TPSA) is 92.6 Å². The Morgan fingerprint density at radius 2 is 1.49 bits per heavy atom. The van der Waals surface area contributed by atoms with Gasteiger partial charge in [-0.3, -0.25) is 19.7 Å². The molecule has 2 atom stereocenters. The summed E-state index contributed by atoms with van der Waals surface area (Å²) in [6.45, 7) is 4.12. The van der Waals surface area contributed by atoms with Crippen LogP contribution >= 0.6 is 0 Å². The van der Waals surface area contributed by atoms with Crippen molar-refractivity contribution in [1.82, 2.24) is 10.2 Å². The summed E-state index contributed by atoms with van der Waals surface area (Å²) >= 11 is 0. The standard InChI is InChI=1S/C28H31N3O4/c1-3-21(2)29-28(33)26(18-22-12-6-4-7-13-22)30(20-23-14-8-5-9-15-23)27(32)19-24-16-10-11-17-25(24)31(34)35/h4-17,21,26H,3,18-20H2,1-2H3,(H,29,33)/t21-,26+/m1/s1. The number of nitro groups is 1. The molecule has 3 aromatic carbocycles. The molecule has 0 fully saturated rings. The molecular formula is C28H31N3O4. The number of carbonyl (C=O) groups is 2. The third-order valence-corrected chi connectivity index (χ3v) is 6.00. The van der Waals surface area contributed by atoms with Crippen LogP contribution in [0.2, 0.25) is 0 Å². The van der Waals surface area contributed by atoms with E-state index in [1.165, 1.54) is 6.07 Å². The molecule has 0 aromatic heterocycles. The summed E-state index contributed by atoms with van der Waals surface area (Å²) in [5, 5.41) is 14.5. The van der Waals surface area contributed by atoms with Crippen molar-refractivity contribution in [3.63, 3.8) is 0 Å². The van der Waals surface area contributed by atoms with Crippen molar-refractivity contribution in [2.45, 2.75) is 51.7 Å². The quantitative estimate of drug-likeness (QED) is 0.323. The molecule has 2 amide bonds. The number of hydrogen-bond acceptors (Lipinski definition) is 4. The Bertz CT molecular complexity index is 1140. The third kappa shape index (κ3) is 7.24. The van der Waals surface area contributed by atoms with E-state index in [-0.39, 0.29) is 36.5 Å². The SMILES string of the molecule is CC[C@@H](C)NC(=O)[C@H](Cc1ccccc1)N(Cc1ccccc1)C(=O)Cc1ccccc1[N+](=O)[O-]. The molecule has 0 unspecified atom stereocenters. The van der Waals surface area contributed by atoms with Gasteiger partial charge in [0.05, 0.1) is 11.3 Å². The summed E-state index contributed by atoms with van der Waals surface area (Å²) in [4.78, 5) is 39.8. The Morgan fingerprint density at radius 1 is 0.914 bits per heavy atom. The van der Waals surface area contributed by atoms with Crippen molar-refractivity contribution < 1.29 is 14.5 Å². The van der Waals surface area contributed by atoms with E-state index in [1.807, 2.05) is 74.5 Å². The van der Waals surface area contributed by atoms with Crippen molar-refractivity contribution in [3.8, 4) is 0 Å². The predicted octanol–water partition coefficient (Wildman–Crippen LogP) is 4.69. The van der Waals surface area contributed by atoms with E-state index in [0.717, 1.165) is 17.5 Å². The summed E-state index contributed by atoms with van der Waals surface area (Å²) in [6, 6.07) is 24.4. The van der Waals surface area contributed by atoms with Crippen molar-refractivity contribution in [2.24, 2.45) is 0 Å². The number of amides is 2. The fourth-order valence-electron chi connectivity index (χ4n) is 3.88. The van der Waals surface area contributed by atoms with Crippen LogP contribution in [0.4, 0.5) is 5.69 Å². The van der Waals surface area contributed by atoms with Gasteiger partial charge in [0.25, 0.3) is 5.69 Å². The number of carbonyl (C=O) groups excluding carboxylic acids is 2. The van der Waals surface area contributed by atoms with E-state index >= 15 is 0 Å². The van der Waals surface area contributed by atoms with E-state index in [9.17, 15) is 19.7 Å². The molecule has 7 nitrogen and oxygen atoms in total. The zero-order valence-corrected chi connectivity index (χ0v) is 20.1. The smallest absolute Gasteiger partial charge is 0.273 e. The largest absolute Gasteiger partial charge is 0.352 e. The molecule has 182 valence electrons. The van der Waals surface area contributed by atoms with Gasteiger partial charge < -0.3 is 10.2 Å². The first-order chi connectivity index (χ1) is 16.9. The Labute approximate surface area is 205 Å². The fraction of sp³-hybridized carbons (Fsp3) is 0.286. The van der Waals surface area contributed by atoms with Crippen LogP contribution in [0.15, 0.2) is 84.9 Å². The molecule has 0 aliphatic carbocycles. The van der Waals surface area contributed by atoms with Gasteiger partial charge in [-0.1, -0.05) is 85.8 Å². The average molecular weight is 474 g/mol. The maximum Gasteiger partial charge on any atom is 0.273 e. The zero-order chi connectivity index (χ0) is 25.2. The number of rotatable bonds is 11. The molecule has 0 aliphatic heterocycles. The highest BCUT2D eigenvalue weighted by Crippen LogP contribution is 2.21. The minimum Gasteiger partial charge on any atom is -0.352 e. The van der Waals surface area contributed by atoms with Gasteiger partial charge in [-0.05, 0) is 24.5 Å². The van der Waals surface area contributed by atoms with E-state index in [4.69, 9.17) is 0 Å². The fourth-order valence-corrected chi connectivity index (χ4v) is 3.88. The monoisotopic (exact) mass is 473 g/mol. The van der Waals surface area contributed by atoms with Crippen LogP contribution in [-0.4, -0.2) is 33.7 Å². The summed E-state index contributed by atoms with van der Waals surface area (Å²) in [5.41, 5.74) is 2.01. The first kappa shape index (κ1) is 25.6. The second-order valence-electron chi connectivity index (χ2n) is 8.59. The number of nitrogens with zero attached hydrogens (tertiary/aromatic N) is 2. The number of nitro benzene ring substituents is 1. The molecule has 35 heavy (non-hydrogen) atoms. The highest BCUT2D eigenvalue weighted by Gasteiger charge is 2.32. The first-order valence-electron chi connectivity index (χ1n) is 11.8. The van der Waals surface area contributed by atoms with Crippen LogP contribution in [-0.2, 0) is 29.0 Å². The Hall–Kier alpha value is -4.00. The van der Waals surface area contributed by atoms with Gasteiger partial charge in [-0.2, -0.15) is 0 Å². The van der Waals surface area contributed by atoms with Crippen LogP contribution in [0.3, 0.4) is 0 Å². The van der Waals surface area contributed by atoms with Gasteiger partial charge in [0, 0.05) is 30.6 Å². The third-order valence-electron chi connectivity index (χ3n) is 6.00. The number of nitrogens with one attached hydrogen (secondary N) is 1. The Kier molecular flexibility index (Phi) is 9.12. The van der Waals surface area contributed by atoms with Crippen molar-refractivity contribution >= 4 is 17.5 Å². The Balaban J connectivity index is 1.99. The van der Waals surface area contributed by atoms with Crippen LogP contribution in [0.1, 0.15) is 37.0 Å². The van der Waals surface area contributed by atoms with Crippen molar-refractivity contribution in [2.75, 3.05) is 0 Å². The highest BCUT2D eigenvalue weighted by atomic mass is 16.6. The minimum atomic E-state index is -0.776. The molecule has 0 bridgehead atoms. The second kappa shape index (κ2) is 12.5. The molecule has 0 saturated carbocycles. The molecule has 0 aliphatic rings. The normalized spacial score (nSPS) is 12.4. The van der Waals surface area contributed by atoms with E-state index < -0.39 is 11.0 Å². The van der Waals surface area contributed by atoms with Crippen LogP contribution < -0.4 is 5.32 Å². The lowest BCUT2D eigenvalue weighted by molar-refractivity contribution is -0.385. The average Bonchev–Trinajstić information content (AvgIpc) is 2.87. The molecule has 0 saturated heterocycles. The highest BCUT2D eigenvalue weighted by molar-refractivity contribution is 5.89. The lowest BCUT2D eigenvalue weighted by atomic mass is 10.0. The maximum absolute atomic E-state index is 13.7. The molecule has 0 radical (unpaired) electrons. The predicted molar refractivity (Wildman–Crippen MR) is 136 cm³/mol. The van der Waals surface area contributed by atoms with Crippen molar-refractivity contribution in [3.05, 3.63) is 112 Å². The number of benzene rings is 3. The lowest BCUT2D eigenvalue weighted by Crippen LogP contribution is -2.52. The van der Waals surface area contributed by atoms with E-state index in [1.54, 1.807) is 23.1 Å². The van der Waals surface area contributed by atoms with E-state index in [0.29, 0.717) is 12.0 Å². The molecule has 0 heterocycles. The number of para-hydroxylation sites is 1. The van der Waals surface area contributed by atoms with Gasteiger partial charge in [0.2, 0.25) is 11.8 Å². The minimum absolute atomic E-state index is 0.0512. The van der Waals surface area contributed by atoms with Gasteiger partial charge in [-0.25, -0.2) is 0 Å². The zero-order valence-electron chi connectivity index (χ0n) is 20.1. The molecule has 3 rings (SSSR count). The number of hydrogen-bond donors (Lipinski definition) is 1. The first-order valence-corrected chi connectivity index (χ1v) is 11.8. The molecule has 7 heteroatoms. The summed E-state index contributed by atoms with van der Waals surface area (Å²) in [6.07, 6.45) is 0.914. The summed E-state index contributed by atoms with van der Waals surface area (Å²) < 4.78 is 0. The maximum atomic E-state index is 13.7.